The van der Waals surface area contributed by atoms with Crippen molar-refractivity contribution in [2.75, 3.05) is 0 Å². The van der Waals surface area contributed by atoms with Crippen LogP contribution in [0.5, 0.6) is 0 Å². The second kappa shape index (κ2) is 5.26. The van der Waals surface area contributed by atoms with Crippen LogP contribution in [0.4, 0.5) is 0 Å². The van der Waals surface area contributed by atoms with Crippen molar-refractivity contribution in [1.29, 1.82) is 0 Å². The van der Waals surface area contributed by atoms with Crippen LogP contribution in [0.15, 0.2) is 9.59 Å². The Hall–Kier alpha value is -1.69. The van der Waals surface area contributed by atoms with E-state index in [9.17, 15) is 14.4 Å². The molecule has 0 saturated heterocycles. The van der Waals surface area contributed by atoms with Gasteiger partial charge in [-0.1, -0.05) is 6.92 Å². The van der Waals surface area contributed by atoms with Crippen LogP contribution >= 0.6 is 11.3 Å². The number of ketones is 1. The van der Waals surface area contributed by atoms with Gasteiger partial charge < -0.3 is 0 Å². The fraction of sp³-hybridized carbons (Fsp3) is 0.533. The molecular weight excluding hydrogens is 288 g/mol. The number of nitrogens with one attached hydrogen (secondary N) is 1. The number of aromatic nitrogens is 2. The molecule has 2 aromatic heterocycles. The van der Waals surface area contributed by atoms with Crippen LogP contribution in [0, 0.1) is 5.92 Å². The molecule has 1 aliphatic carbocycles. The Balaban J connectivity index is 2.17. The van der Waals surface area contributed by atoms with Gasteiger partial charge in [0, 0.05) is 17.8 Å². The number of hydrogen-bond acceptors (Lipinski definition) is 4. The first-order valence-corrected chi connectivity index (χ1v) is 8.06. The topological polar surface area (TPSA) is 71.9 Å². The molecule has 0 saturated carbocycles. The van der Waals surface area contributed by atoms with Crippen molar-refractivity contribution in [3.8, 4) is 0 Å². The van der Waals surface area contributed by atoms with Gasteiger partial charge in [-0.3, -0.25) is 19.1 Å². The van der Waals surface area contributed by atoms with Crippen LogP contribution in [0.3, 0.4) is 0 Å². The minimum absolute atomic E-state index is 0.0254. The van der Waals surface area contributed by atoms with Crippen LogP contribution in [0.2, 0.25) is 0 Å². The molecule has 0 spiro atoms. The molecule has 21 heavy (non-hydrogen) atoms. The van der Waals surface area contributed by atoms with Gasteiger partial charge in [0.2, 0.25) is 0 Å². The highest BCUT2D eigenvalue weighted by atomic mass is 32.1. The number of Topliss-reactive ketones (excluding diaryl/α,β-unsaturated/α-hetero) is 1. The molecule has 0 bridgehead atoms. The lowest BCUT2D eigenvalue weighted by Gasteiger charge is -2.17. The zero-order chi connectivity index (χ0) is 15.1. The summed E-state index contributed by atoms with van der Waals surface area (Å²) in [5.41, 5.74) is 0.438. The van der Waals surface area contributed by atoms with Gasteiger partial charge >= 0.3 is 5.69 Å². The van der Waals surface area contributed by atoms with Crippen LogP contribution in [-0.2, 0) is 24.2 Å². The van der Waals surface area contributed by atoms with E-state index in [2.05, 4.69) is 11.9 Å². The molecule has 2 aromatic rings. The molecule has 0 aliphatic heterocycles. The van der Waals surface area contributed by atoms with E-state index in [-0.39, 0.29) is 24.3 Å². The lowest BCUT2D eigenvalue weighted by Crippen LogP contribution is -2.35. The second-order valence-electron chi connectivity index (χ2n) is 5.89. The van der Waals surface area contributed by atoms with Gasteiger partial charge in [0.1, 0.15) is 10.6 Å². The number of fused-ring (bicyclic) bond motifs is 3. The smallest absolute Gasteiger partial charge is 0.300 e. The Labute approximate surface area is 125 Å². The van der Waals surface area contributed by atoms with Crippen molar-refractivity contribution >= 4 is 27.3 Å². The third-order valence-electron chi connectivity index (χ3n) is 4.12. The first-order chi connectivity index (χ1) is 9.97. The fourth-order valence-corrected chi connectivity index (χ4v) is 4.32. The van der Waals surface area contributed by atoms with E-state index < -0.39 is 5.69 Å². The molecule has 0 fully saturated rings. The van der Waals surface area contributed by atoms with Crippen LogP contribution in [0.25, 0.3) is 10.2 Å². The number of hydrogen-bond donors (Lipinski definition) is 1. The van der Waals surface area contributed by atoms with Crippen LogP contribution < -0.4 is 11.2 Å². The zero-order valence-corrected chi connectivity index (χ0v) is 13.0. The largest absolute Gasteiger partial charge is 0.329 e. The Kier molecular flexibility index (Phi) is 3.57. The van der Waals surface area contributed by atoms with Crippen molar-refractivity contribution in [2.45, 2.75) is 46.1 Å². The lowest BCUT2D eigenvalue weighted by atomic mass is 9.89. The normalized spacial score (nSPS) is 17.9. The highest BCUT2D eigenvalue weighted by Gasteiger charge is 2.23. The molecule has 1 unspecified atom stereocenters. The summed E-state index contributed by atoms with van der Waals surface area (Å²) in [4.78, 5) is 40.5. The SMILES string of the molecule is CC(=O)CCn1c(=O)[nH]c2sc3c(c2c1=O)CCC(C)C3. The summed E-state index contributed by atoms with van der Waals surface area (Å²) in [6.45, 7) is 3.83. The fourth-order valence-electron chi connectivity index (χ4n) is 2.93. The molecule has 3 rings (SSSR count). The van der Waals surface area contributed by atoms with Crippen LogP contribution in [0.1, 0.15) is 37.1 Å². The van der Waals surface area contributed by atoms with Gasteiger partial charge in [-0.2, -0.15) is 0 Å². The Morgan fingerprint density at radius 1 is 1.43 bits per heavy atom. The highest BCUT2D eigenvalue weighted by molar-refractivity contribution is 7.18. The summed E-state index contributed by atoms with van der Waals surface area (Å²) < 4.78 is 1.16. The highest BCUT2D eigenvalue weighted by Crippen LogP contribution is 2.35. The molecule has 0 radical (unpaired) electrons. The molecule has 5 nitrogen and oxygen atoms in total. The van der Waals surface area contributed by atoms with Gasteiger partial charge in [-0.05, 0) is 37.7 Å². The predicted octanol–water partition coefficient (Wildman–Crippen LogP) is 1.86. The monoisotopic (exact) mass is 306 g/mol. The molecule has 0 amide bonds. The number of carbonyl (C=O) groups is 1. The summed E-state index contributed by atoms with van der Waals surface area (Å²) in [7, 11) is 0. The van der Waals surface area contributed by atoms with Gasteiger partial charge in [-0.15, -0.1) is 11.3 Å². The molecule has 2 heterocycles. The number of rotatable bonds is 3. The minimum Gasteiger partial charge on any atom is -0.300 e. The third kappa shape index (κ3) is 2.48. The summed E-state index contributed by atoms with van der Waals surface area (Å²) in [5.74, 6) is 0.597. The number of H-pyrrole nitrogens is 1. The maximum atomic E-state index is 12.6. The zero-order valence-electron chi connectivity index (χ0n) is 12.2. The van der Waals surface area contributed by atoms with Crippen molar-refractivity contribution in [3.05, 3.63) is 31.3 Å². The molecular formula is C15H18N2O3S. The molecule has 1 atom stereocenters. The molecule has 1 N–H and O–H groups in total. The Morgan fingerprint density at radius 3 is 2.90 bits per heavy atom. The number of thiophene rings is 1. The van der Waals surface area contributed by atoms with Crippen molar-refractivity contribution in [1.82, 2.24) is 9.55 Å². The predicted molar refractivity (Wildman–Crippen MR) is 83.2 cm³/mol. The van der Waals surface area contributed by atoms with Gasteiger partial charge in [0.25, 0.3) is 5.56 Å². The summed E-state index contributed by atoms with van der Waals surface area (Å²) >= 11 is 1.53. The first-order valence-electron chi connectivity index (χ1n) is 7.24. The Morgan fingerprint density at radius 2 is 2.19 bits per heavy atom. The summed E-state index contributed by atoms with van der Waals surface area (Å²) in [6.07, 6.45) is 3.15. The average molecular weight is 306 g/mol. The van der Waals surface area contributed by atoms with E-state index in [1.165, 1.54) is 23.1 Å². The number of carbonyl (C=O) groups excluding carboxylic acids is 1. The maximum absolute atomic E-state index is 12.6. The maximum Gasteiger partial charge on any atom is 0.329 e. The summed E-state index contributed by atoms with van der Waals surface area (Å²) in [5, 5.41) is 0.657. The number of aryl methyl sites for hydroxylation is 1. The molecule has 1 aliphatic rings. The van der Waals surface area contributed by atoms with E-state index in [0.717, 1.165) is 29.4 Å². The lowest BCUT2D eigenvalue weighted by molar-refractivity contribution is -0.117. The molecule has 112 valence electrons. The van der Waals surface area contributed by atoms with Crippen molar-refractivity contribution < 1.29 is 4.79 Å². The Bertz CT molecular complexity index is 828. The van der Waals surface area contributed by atoms with Gasteiger partial charge in [0.05, 0.1) is 5.39 Å². The van der Waals surface area contributed by atoms with Crippen molar-refractivity contribution in [3.63, 3.8) is 0 Å². The number of nitrogens with zero attached hydrogens (tertiary/aromatic N) is 1. The molecule has 0 aromatic carbocycles. The van der Waals surface area contributed by atoms with E-state index in [1.807, 2.05) is 0 Å². The van der Waals surface area contributed by atoms with E-state index in [1.54, 1.807) is 0 Å². The quantitative estimate of drug-likeness (QED) is 0.940. The van der Waals surface area contributed by atoms with Gasteiger partial charge in [0.15, 0.2) is 0 Å². The van der Waals surface area contributed by atoms with E-state index in [0.29, 0.717) is 16.1 Å². The second-order valence-corrected chi connectivity index (χ2v) is 7.00. The number of aromatic amines is 1. The third-order valence-corrected chi connectivity index (χ3v) is 5.29. The standard InChI is InChI=1S/C15H18N2O3S/c1-8-3-4-10-11(7-8)21-13-12(10)14(19)17(15(20)16-13)6-5-9(2)18/h8H,3-7H2,1-2H3,(H,16,20). The van der Waals surface area contributed by atoms with E-state index >= 15 is 0 Å². The summed E-state index contributed by atoms with van der Waals surface area (Å²) in [6, 6.07) is 0. The first kappa shape index (κ1) is 14.3. The average Bonchev–Trinajstić information content (AvgIpc) is 2.74. The van der Waals surface area contributed by atoms with E-state index in [4.69, 9.17) is 0 Å². The minimum atomic E-state index is -0.416. The van der Waals surface area contributed by atoms with Crippen LogP contribution in [-0.4, -0.2) is 15.3 Å². The van der Waals surface area contributed by atoms with Gasteiger partial charge in [-0.25, -0.2) is 4.79 Å². The van der Waals surface area contributed by atoms with Crippen molar-refractivity contribution in [2.24, 2.45) is 5.92 Å². The molecule has 6 heteroatoms.